The number of aryl methyl sites for hydroxylation is 1. The number of carbonyl (C=O) groups excluding carboxylic acids is 1. The van der Waals surface area contributed by atoms with Crippen molar-refractivity contribution >= 4 is 5.91 Å². The van der Waals surface area contributed by atoms with Crippen LogP contribution in [0.4, 0.5) is 0 Å². The predicted octanol–water partition coefficient (Wildman–Crippen LogP) is 4.66. The van der Waals surface area contributed by atoms with Gasteiger partial charge in [0, 0.05) is 32.1 Å². The van der Waals surface area contributed by atoms with Crippen molar-refractivity contribution in [2.45, 2.75) is 39.7 Å². The van der Waals surface area contributed by atoms with Crippen molar-refractivity contribution in [3.8, 4) is 0 Å². The minimum atomic E-state index is 0.179. The van der Waals surface area contributed by atoms with Crippen LogP contribution in [0.3, 0.4) is 0 Å². The Hall–Kier alpha value is -2.13. The summed E-state index contributed by atoms with van der Waals surface area (Å²) in [4.78, 5) is 17.3. The molecule has 1 aliphatic heterocycles. The maximum absolute atomic E-state index is 12.7. The van der Waals surface area contributed by atoms with Gasteiger partial charge in [0.05, 0.1) is 6.04 Å². The molecule has 0 radical (unpaired) electrons. The van der Waals surface area contributed by atoms with Crippen LogP contribution in [-0.2, 0) is 4.79 Å². The molecule has 1 amide bonds. The largest absolute Gasteiger partial charge is 0.340 e. The summed E-state index contributed by atoms with van der Waals surface area (Å²) in [5, 5.41) is 0. The lowest BCUT2D eigenvalue weighted by Gasteiger charge is -2.40. The van der Waals surface area contributed by atoms with Gasteiger partial charge in [-0.15, -0.1) is 0 Å². The summed E-state index contributed by atoms with van der Waals surface area (Å²) < 4.78 is 0. The Morgan fingerprint density at radius 3 is 1.96 bits per heavy atom. The van der Waals surface area contributed by atoms with E-state index in [9.17, 15) is 4.79 Å². The van der Waals surface area contributed by atoms with E-state index < -0.39 is 0 Å². The van der Waals surface area contributed by atoms with Crippen LogP contribution >= 0.6 is 0 Å². The molecule has 27 heavy (non-hydrogen) atoms. The topological polar surface area (TPSA) is 23.6 Å². The van der Waals surface area contributed by atoms with Gasteiger partial charge < -0.3 is 4.90 Å². The molecule has 1 saturated heterocycles. The van der Waals surface area contributed by atoms with Gasteiger partial charge in [-0.05, 0) is 30.9 Å². The van der Waals surface area contributed by atoms with E-state index in [4.69, 9.17) is 0 Å². The van der Waals surface area contributed by atoms with Crippen molar-refractivity contribution in [2.75, 3.05) is 26.2 Å². The Labute approximate surface area is 164 Å². The molecule has 2 aromatic rings. The van der Waals surface area contributed by atoms with Gasteiger partial charge in [0.25, 0.3) is 0 Å². The zero-order chi connectivity index (χ0) is 19.2. The summed E-state index contributed by atoms with van der Waals surface area (Å²) in [5.41, 5.74) is 3.93. The van der Waals surface area contributed by atoms with E-state index in [0.29, 0.717) is 5.91 Å². The smallest absolute Gasteiger partial charge is 0.225 e. The molecule has 2 aromatic carbocycles. The molecule has 0 aliphatic carbocycles. The lowest BCUT2D eigenvalue weighted by Crippen LogP contribution is -2.51. The lowest BCUT2D eigenvalue weighted by atomic mass is 9.95. The summed E-state index contributed by atoms with van der Waals surface area (Å²) in [6.07, 6.45) is 1.87. The molecule has 0 bridgehead atoms. The highest BCUT2D eigenvalue weighted by molar-refractivity contribution is 5.78. The van der Waals surface area contributed by atoms with E-state index in [1.165, 1.54) is 16.7 Å². The fourth-order valence-corrected chi connectivity index (χ4v) is 4.09. The highest BCUT2D eigenvalue weighted by Gasteiger charge is 2.29. The Balaban J connectivity index is 1.77. The summed E-state index contributed by atoms with van der Waals surface area (Å²) in [6.45, 7) is 9.84. The zero-order valence-electron chi connectivity index (χ0n) is 16.9. The van der Waals surface area contributed by atoms with Crippen LogP contribution in [0.2, 0.25) is 0 Å². The van der Waals surface area contributed by atoms with Crippen LogP contribution in [0.1, 0.15) is 49.4 Å². The highest BCUT2D eigenvalue weighted by atomic mass is 16.2. The first-order valence-electron chi connectivity index (χ1n) is 10.3. The maximum Gasteiger partial charge on any atom is 0.225 e. The van der Waals surface area contributed by atoms with Crippen LogP contribution in [0.5, 0.6) is 0 Å². The number of benzene rings is 2. The summed E-state index contributed by atoms with van der Waals surface area (Å²) in [7, 11) is 0. The second-order valence-corrected chi connectivity index (χ2v) is 7.60. The summed E-state index contributed by atoms with van der Waals surface area (Å²) >= 11 is 0. The van der Waals surface area contributed by atoms with E-state index >= 15 is 0 Å². The Morgan fingerprint density at radius 1 is 0.852 bits per heavy atom. The summed E-state index contributed by atoms with van der Waals surface area (Å²) in [6, 6.07) is 19.9. The molecule has 3 heteroatoms. The molecule has 1 heterocycles. The molecule has 3 rings (SSSR count). The van der Waals surface area contributed by atoms with Crippen molar-refractivity contribution in [1.29, 1.82) is 0 Å². The number of nitrogens with zero attached hydrogens (tertiary/aromatic N) is 2. The van der Waals surface area contributed by atoms with Gasteiger partial charge in [0.2, 0.25) is 5.91 Å². The number of rotatable bonds is 6. The van der Waals surface area contributed by atoms with E-state index in [2.05, 4.69) is 85.2 Å². The molecule has 0 aromatic heterocycles. The van der Waals surface area contributed by atoms with Crippen LogP contribution < -0.4 is 0 Å². The third kappa shape index (κ3) is 4.59. The second-order valence-electron chi connectivity index (χ2n) is 7.60. The lowest BCUT2D eigenvalue weighted by molar-refractivity contribution is -0.137. The van der Waals surface area contributed by atoms with Gasteiger partial charge in [-0.3, -0.25) is 9.69 Å². The average molecular weight is 365 g/mol. The van der Waals surface area contributed by atoms with Crippen LogP contribution in [-0.4, -0.2) is 41.9 Å². The maximum atomic E-state index is 12.7. The highest BCUT2D eigenvalue weighted by Crippen LogP contribution is 2.30. The average Bonchev–Trinajstić information content (AvgIpc) is 2.72. The molecule has 0 saturated carbocycles. The van der Waals surface area contributed by atoms with Crippen LogP contribution in [0.25, 0.3) is 0 Å². The standard InChI is InChI=1S/C24H32N2O/c1-4-20(5-2)24(27)26-17-15-25(16-18-26)23(21-9-7-6-8-10-21)22-13-11-19(3)12-14-22/h6-14,20,23H,4-5,15-18H2,1-3H3/t23-/m1/s1. The van der Waals surface area contributed by atoms with Gasteiger partial charge >= 0.3 is 0 Å². The molecule has 0 unspecified atom stereocenters. The fraction of sp³-hybridized carbons (Fsp3) is 0.458. The first kappa shape index (κ1) is 19.6. The normalized spacial score (nSPS) is 16.5. The number of amides is 1. The van der Waals surface area contributed by atoms with E-state index in [1.807, 2.05) is 0 Å². The van der Waals surface area contributed by atoms with Crippen molar-refractivity contribution in [3.05, 3.63) is 71.3 Å². The monoisotopic (exact) mass is 364 g/mol. The number of carbonyl (C=O) groups is 1. The Kier molecular flexibility index (Phi) is 6.68. The van der Waals surface area contributed by atoms with Crippen molar-refractivity contribution in [1.82, 2.24) is 9.80 Å². The third-order valence-corrected chi connectivity index (χ3v) is 5.83. The number of hydrogen-bond donors (Lipinski definition) is 0. The number of piperazine rings is 1. The quantitative estimate of drug-likeness (QED) is 0.744. The van der Waals surface area contributed by atoms with Gasteiger partial charge in [-0.1, -0.05) is 74.0 Å². The molecular formula is C24H32N2O. The molecule has 1 aliphatic rings. The van der Waals surface area contributed by atoms with Crippen molar-refractivity contribution in [3.63, 3.8) is 0 Å². The summed E-state index contributed by atoms with van der Waals surface area (Å²) in [5.74, 6) is 0.518. The van der Waals surface area contributed by atoms with E-state index in [1.54, 1.807) is 0 Å². The molecule has 1 fully saturated rings. The fourth-order valence-electron chi connectivity index (χ4n) is 4.09. The number of hydrogen-bond acceptors (Lipinski definition) is 2. The van der Waals surface area contributed by atoms with Gasteiger partial charge in [0.1, 0.15) is 0 Å². The minimum Gasteiger partial charge on any atom is -0.340 e. The van der Waals surface area contributed by atoms with E-state index in [-0.39, 0.29) is 12.0 Å². The molecule has 0 spiro atoms. The van der Waals surface area contributed by atoms with Gasteiger partial charge in [0.15, 0.2) is 0 Å². The van der Waals surface area contributed by atoms with Crippen LogP contribution in [0.15, 0.2) is 54.6 Å². The van der Waals surface area contributed by atoms with Crippen molar-refractivity contribution < 1.29 is 4.79 Å². The zero-order valence-corrected chi connectivity index (χ0v) is 16.9. The molecule has 1 atom stereocenters. The second kappa shape index (κ2) is 9.18. The molecule has 3 nitrogen and oxygen atoms in total. The molecular weight excluding hydrogens is 332 g/mol. The first-order chi connectivity index (χ1) is 13.1. The van der Waals surface area contributed by atoms with Crippen LogP contribution in [0, 0.1) is 12.8 Å². The Bertz CT molecular complexity index is 714. The molecule has 144 valence electrons. The predicted molar refractivity (Wildman–Crippen MR) is 112 cm³/mol. The van der Waals surface area contributed by atoms with Gasteiger partial charge in [-0.2, -0.15) is 0 Å². The third-order valence-electron chi connectivity index (χ3n) is 5.83. The van der Waals surface area contributed by atoms with Crippen molar-refractivity contribution in [2.24, 2.45) is 5.92 Å². The Morgan fingerprint density at radius 2 is 1.41 bits per heavy atom. The van der Waals surface area contributed by atoms with E-state index in [0.717, 1.165) is 39.0 Å². The first-order valence-corrected chi connectivity index (χ1v) is 10.3. The molecule has 0 N–H and O–H groups in total. The SMILES string of the molecule is CCC(CC)C(=O)N1CCN([C@H](c2ccccc2)c2ccc(C)cc2)CC1. The van der Waals surface area contributed by atoms with Gasteiger partial charge in [-0.25, -0.2) is 0 Å². The minimum absolute atomic E-state index is 0.179.